The van der Waals surface area contributed by atoms with Gasteiger partial charge in [0.25, 0.3) is 0 Å². The molecular weight excluding hydrogens is 246 g/mol. The van der Waals surface area contributed by atoms with Crippen molar-refractivity contribution in [1.29, 1.82) is 0 Å². The highest BCUT2D eigenvalue weighted by Crippen LogP contribution is 2.34. The van der Waals surface area contributed by atoms with E-state index < -0.39 is 0 Å². The molecule has 0 fully saturated rings. The zero-order valence-electron chi connectivity index (χ0n) is 9.57. The van der Waals surface area contributed by atoms with Crippen LogP contribution < -0.4 is 5.32 Å². The minimum absolute atomic E-state index is 0.949. The molecule has 0 atom stereocenters. The lowest BCUT2D eigenvalue weighted by Gasteiger charge is -1.99. The van der Waals surface area contributed by atoms with E-state index in [1.165, 1.54) is 26.1 Å². The van der Waals surface area contributed by atoms with Gasteiger partial charge in [-0.2, -0.15) is 0 Å². The average Bonchev–Trinajstić information content (AvgIpc) is 2.96. The molecule has 0 radical (unpaired) electrons. The Morgan fingerprint density at radius 1 is 1.18 bits per heavy atom. The molecule has 0 unspecified atom stereocenters. The van der Waals surface area contributed by atoms with Gasteiger partial charge in [-0.15, -0.1) is 22.7 Å². The second-order valence-corrected chi connectivity index (χ2v) is 5.89. The molecule has 1 aromatic carbocycles. The first-order valence-corrected chi connectivity index (χ1v) is 7.33. The SMILES string of the molecule is CNCc1cc(-c2cccc3ccsc23)cs1. The van der Waals surface area contributed by atoms with Crippen LogP contribution in [0.15, 0.2) is 41.1 Å². The van der Waals surface area contributed by atoms with Gasteiger partial charge in [0, 0.05) is 21.7 Å². The van der Waals surface area contributed by atoms with E-state index in [1.807, 2.05) is 29.7 Å². The van der Waals surface area contributed by atoms with Crippen molar-refractivity contribution in [2.24, 2.45) is 0 Å². The van der Waals surface area contributed by atoms with Crippen LogP contribution in [0.3, 0.4) is 0 Å². The maximum atomic E-state index is 3.19. The van der Waals surface area contributed by atoms with E-state index in [0.29, 0.717) is 0 Å². The fraction of sp³-hybridized carbons (Fsp3) is 0.143. The topological polar surface area (TPSA) is 12.0 Å². The predicted molar refractivity (Wildman–Crippen MR) is 77.9 cm³/mol. The zero-order chi connectivity index (χ0) is 11.7. The van der Waals surface area contributed by atoms with Crippen molar-refractivity contribution in [2.75, 3.05) is 7.05 Å². The van der Waals surface area contributed by atoms with Crippen LogP contribution in [-0.2, 0) is 6.54 Å². The van der Waals surface area contributed by atoms with Gasteiger partial charge in [0.1, 0.15) is 0 Å². The molecular formula is C14H13NS2. The monoisotopic (exact) mass is 259 g/mol. The number of fused-ring (bicyclic) bond motifs is 1. The van der Waals surface area contributed by atoms with Crippen molar-refractivity contribution < 1.29 is 0 Å². The minimum atomic E-state index is 0.949. The Morgan fingerprint density at radius 3 is 3.00 bits per heavy atom. The van der Waals surface area contributed by atoms with Crippen LogP contribution in [0.25, 0.3) is 21.2 Å². The Balaban J connectivity index is 2.10. The third kappa shape index (κ3) is 2.02. The number of hydrogen-bond acceptors (Lipinski definition) is 3. The highest BCUT2D eigenvalue weighted by atomic mass is 32.1. The summed E-state index contributed by atoms with van der Waals surface area (Å²) < 4.78 is 1.39. The van der Waals surface area contributed by atoms with E-state index in [4.69, 9.17) is 0 Å². The molecule has 0 bridgehead atoms. The molecule has 3 rings (SSSR count). The quantitative estimate of drug-likeness (QED) is 0.737. The summed E-state index contributed by atoms with van der Waals surface area (Å²) in [6.07, 6.45) is 0. The molecule has 0 aliphatic rings. The number of rotatable bonds is 3. The molecule has 0 aliphatic heterocycles. The third-order valence-electron chi connectivity index (χ3n) is 2.79. The third-order valence-corrected chi connectivity index (χ3v) is 4.69. The van der Waals surface area contributed by atoms with Crippen LogP contribution in [0.5, 0.6) is 0 Å². The largest absolute Gasteiger partial charge is 0.315 e. The van der Waals surface area contributed by atoms with Gasteiger partial charge in [-0.1, -0.05) is 18.2 Å². The Bertz CT molecular complexity index is 636. The van der Waals surface area contributed by atoms with Crippen LogP contribution in [0, 0.1) is 0 Å². The lowest BCUT2D eigenvalue weighted by atomic mass is 10.1. The number of thiophene rings is 2. The van der Waals surface area contributed by atoms with Crippen molar-refractivity contribution in [3.8, 4) is 11.1 Å². The minimum Gasteiger partial charge on any atom is -0.315 e. The van der Waals surface area contributed by atoms with Gasteiger partial charge in [0.05, 0.1) is 0 Å². The lowest BCUT2D eigenvalue weighted by molar-refractivity contribution is 0.831. The first-order valence-electron chi connectivity index (χ1n) is 5.57. The van der Waals surface area contributed by atoms with Gasteiger partial charge < -0.3 is 5.32 Å². The first kappa shape index (κ1) is 11.0. The van der Waals surface area contributed by atoms with E-state index >= 15 is 0 Å². The van der Waals surface area contributed by atoms with Crippen molar-refractivity contribution in [1.82, 2.24) is 5.32 Å². The first-order chi connectivity index (χ1) is 8.38. The summed E-state index contributed by atoms with van der Waals surface area (Å²) in [5, 5.41) is 8.95. The van der Waals surface area contributed by atoms with Crippen LogP contribution in [-0.4, -0.2) is 7.05 Å². The molecule has 86 valence electrons. The summed E-state index contributed by atoms with van der Waals surface area (Å²) in [5.74, 6) is 0. The van der Waals surface area contributed by atoms with Gasteiger partial charge in [-0.25, -0.2) is 0 Å². The highest BCUT2D eigenvalue weighted by molar-refractivity contribution is 7.17. The van der Waals surface area contributed by atoms with E-state index in [0.717, 1.165) is 6.54 Å². The van der Waals surface area contributed by atoms with Crippen LogP contribution in [0.2, 0.25) is 0 Å². The average molecular weight is 259 g/mol. The highest BCUT2D eigenvalue weighted by Gasteiger charge is 2.06. The molecule has 0 amide bonds. The van der Waals surface area contributed by atoms with Crippen molar-refractivity contribution >= 4 is 32.8 Å². The Labute approximate surface area is 109 Å². The van der Waals surface area contributed by atoms with Crippen LogP contribution in [0.1, 0.15) is 4.88 Å². The second kappa shape index (κ2) is 4.61. The van der Waals surface area contributed by atoms with Gasteiger partial charge in [-0.05, 0) is 40.9 Å². The molecule has 2 heterocycles. The maximum absolute atomic E-state index is 3.19. The Morgan fingerprint density at radius 2 is 2.12 bits per heavy atom. The number of nitrogens with one attached hydrogen (secondary N) is 1. The Hall–Kier alpha value is -1.16. The smallest absolute Gasteiger partial charge is 0.0421 e. The normalized spacial score (nSPS) is 11.1. The van der Waals surface area contributed by atoms with Crippen molar-refractivity contribution in [3.05, 3.63) is 46.0 Å². The number of hydrogen-bond donors (Lipinski definition) is 1. The summed E-state index contributed by atoms with van der Waals surface area (Å²) in [5.41, 5.74) is 2.70. The maximum Gasteiger partial charge on any atom is 0.0421 e. The molecule has 3 aromatic rings. The Kier molecular flexibility index (Phi) is 2.97. The summed E-state index contributed by atoms with van der Waals surface area (Å²) in [7, 11) is 1.99. The molecule has 1 nitrogen and oxygen atoms in total. The van der Waals surface area contributed by atoms with E-state index in [2.05, 4.69) is 46.4 Å². The van der Waals surface area contributed by atoms with Gasteiger partial charge in [0.15, 0.2) is 0 Å². The van der Waals surface area contributed by atoms with E-state index in [-0.39, 0.29) is 0 Å². The van der Waals surface area contributed by atoms with E-state index in [9.17, 15) is 0 Å². The van der Waals surface area contributed by atoms with Crippen LogP contribution in [0.4, 0.5) is 0 Å². The second-order valence-electron chi connectivity index (χ2n) is 3.98. The van der Waals surface area contributed by atoms with E-state index in [1.54, 1.807) is 0 Å². The van der Waals surface area contributed by atoms with Gasteiger partial charge in [-0.3, -0.25) is 0 Å². The molecule has 17 heavy (non-hydrogen) atoms. The molecule has 0 aliphatic carbocycles. The summed E-state index contributed by atoms with van der Waals surface area (Å²) in [6.45, 7) is 0.949. The summed E-state index contributed by atoms with van der Waals surface area (Å²) in [6, 6.07) is 11.0. The van der Waals surface area contributed by atoms with Gasteiger partial charge >= 0.3 is 0 Å². The lowest BCUT2D eigenvalue weighted by Crippen LogP contribution is -2.02. The standard InChI is InChI=1S/C14H13NS2/c1-15-8-12-7-11(9-17-12)13-4-2-3-10-5-6-16-14(10)13/h2-7,9,15H,8H2,1H3. The summed E-state index contributed by atoms with van der Waals surface area (Å²) >= 11 is 3.64. The molecule has 0 saturated carbocycles. The van der Waals surface area contributed by atoms with Gasteiger partial charge in [0.2, 0.25) is 0 Å². The van der Waals surface area contributed by atoms with Crippen LogP contribution >= 0.6 is 22.7 Å². The molecule has 0 saturated heterocycles. The van der Waals surface area contributed by atoms with Crippen molar-refractivity contribution in [3.63, 3.8) is 0 Å². The molecule has 1 N–H and O–H groups in total. The summed E-state index contributed by atoms with van der Waals surface area (Å²) in [4.78, 5) is 1.39. The fourth-order valence-electron chi connectivity index (χ4n) is 2.01. The van der Waals surface area contributed by atoms with Crippen molar-refractivity contribution in [2.45, 2.75) is 6.54 Å². The zero-order valence-corrected chi connectivity index (χ0v) is 11.2. The predicted octanol–water partition coefficient (Wildman–Crippen LogP) is 4.35. The molecule has 3 heteroatoms. The number of benzene rings is 1. The molecule has 2 aromatic heterocycles. The molecule has 0 spiro atoms. The fourth-order valence-corrected chi connectivity index (χ4v) is 3.84.